The number of anilines is 1. The van der Waals surface area contributed by atoms with Crippen LogP contribution in [0, 0.1) is 5.41 Å². The molecule has 1 heterocycles. The number of ether oxygens (including phenoxy) is 1. The van der Waals surface area contributed by atoms with Crippen molar-refractivity contribution >= 4 is 17.8 Å². The van der Waals surface area contributed by atoms with Gasteiger partial charge in [-0.25, -0.2) is 4.79 Å². The lowest BCUT2D eigenvalue weighted by molar-refractivity contribution is -0.149. The van der Waals surface area contributed by atoms with Crippen molar-refractivity contribution in [2.24, 2.45) is 5.41 Å². The third-order valence-electron chi connectivity index (χ3n) is 3.60. The number of carboxylic acid groups (broad SMARTS) is 1. The number of carboxylic acids is 1. The van der Waals surface area contributed by atoms with E-state index in [9.17, 15) is 14.7 Å². The number of hydrogen-bond donors (Lipinski definition) is 2. The molecule has 0 radical (unpaired) electrons. The van der Waals surface area contributed by atoms with Crippen molar-refractivity contribution in [3.05, 3.63) is 17.8 Å². The molecule has 2 N–H and O–H groups in total. The summed E-state index contributed by atoms with van der Waals surface area (Å²) in [6, 6.07) is 3.02. The van der Waals surface area contributed by atoms with Crippen molar-refractivity contribution in [2.45, 2.75) is 33.2 Å². The van der Waals surface area contributed by atoms with Crippen molar-refractivity contribution in [2.75, 3.05) is 12.4 Å². The normalized spacial score (nSPS) is 11.8. The summed E-state index contributed by atoms with van der Waals surface area (Å²) >= 11 is 0. The van der Waals surface area contributed by atoms with Crippen molar-refractivity contribution in [1.29, 1.82) is 0 Å². The molecular weight excluding hydrogens is 262 g/mol. The fraction of sp³-hybridized carbons (Fsp3) is 0.538. The van der Waals surface area contributed by atoms with E-state index in [0.717, 1.165) is 0 Å². The molecule has 0 fully saturated rings. The van der Waals surface area contributed by atoms with Gasteiger partial charge in [-0.3, -0.25) is 4.79 Å². The maximum absolute atomic E-state index is 11.3. The Morgan fingerprint density at radius 1 is 1.20 bits per heavy atom. The second-order valence-corrected chi connectivity index (χ2v) is 5.48. The van der Waals surface area contributed by atoms with Crippen LogP contribution in [-0.2, 0) is 9.53 Å². The summed E-state index contributed by atoms with van der Waals surface area (Å²) in [7, 11) is 1.26. The third kappa shape index (κ3) is 3.04. The number of aliphatic carboxylic acids is 1. The molecule has 0 bridgehead atoms. The first kappa shape index (κ1) is 15.9. The van der Waals surface area contributed by atoms with Gasteiger partial charge >= 0.3 is 11.9 Å². The Morgan fingerprint density at radius 2 is 1.80 bits per heavy atom. The molecule has 20 heavy (non-hydrogen) atoms. The lowest BCUT2D eigenvalue weighted by Crippen LogP contribution is -2.50. The van der Waals surface area contributed by atoms with Crippen molar-refractivity contribution in [3.8, 4) is 0 Å². The molecule has 7 nitrogen and oxygen atoms in total. The van der Waals surface area contributed by atoms with E-state index in [4.69, 9.17) is 0 Å². The van der Waals surface area contributed by atoms with Crippen molar-refractivity contribution in [1.82, 2.24) is 10.2 Å². The van der Waals surface area contributed by atoms with E-state index in [1.54, 1.807) is 33.8 Å². The van der Waals surface area contributed by atoms with Crippen molar-refractivity contribution < 1.29 is 19.4 Å². The number of carbonyl (C=O) groups excluding carboxylic acids is 1. The number of aromatic nitrogens is 2. The van der Waals surface area contributed by atoms with E-state index < -0.39 is 22.9 Å². The van der Waals surface area contributed by atoms with Crippen LogP contribution in [0.5, 0.6) is 0 Å². The van der Waals surface area contributed by atoms with Gasteiger partial charge in [0.15, 0.2) is 5.69 Å². The molecule has 110 valence electrons. The smallest absolute Gasteiger partial charge is 0.358 e. The summed E-state index contributed by atoms with van der Waals surface area (Å²) < 4.78 is 4.52. The van der Waals surface area contributed by atoms with Crippen LogP contribution in [0.3, 0.4) is 0 Å². The second kappa shape index (κ2) is 5.44. The number of methoxy groups -OCH3 is 1. The van der Waals surface area contributed by atoms with Crippen LogP contribution in [0.15, 0.2) is 12.1 Å². The van der Waals surface area contributed by atoms with E-state index in [2.05, 4.69) is 20.3 Å². The first-order valence-electron chi connectivity index (χ1n) is 6.05. The topological polar surface area (TPSA) is 101 Å². The van der Waals surface area contributed by atoms with Gasteiger partial charge in [0.1, 0.15) is 5.82 Å². The zero-order chi connectivity index (χ0) is 15.6. The monoisotopic (exact) mass is 281 g/mol. The molecule has 0 aromatic carbocycles. The summed E-state index contributed by atoms with van der Waals surface area (Å²) in [5.74, 6) is -1.11. The molecule has 0 aliphatic carbocycles. The van der Waals surface area contributed by atoms with Crippen LogP contribution in [0.25, 0.3) is 0 Å². The standard InChI is InChI=1S/C13H19N3O4/c1-12(2,11(18)19)13(3,4)14-9-7-6-8(15-16-9)10(17)20-5/h6-7H,1-5H3,(H,14,16)(H,18,19). The van der Waals surface area contributed by atoms with Crippen LogP contribution in [0.1, 0.15) is 38.2 Å². The second-order valence-electron chi connectivity index (χ2n) is 5.48. The molecule has 0 atom stereocenters. The maximum atomic E-state index is 11.3. The van der Waals surface area contributed by atoms with Gasteiger partial charge in [0.05, 0.1) is 12.5 Å². The summed E-state index contributed by atoms with van der Waals surface area (Å²) in [6.45, 7) is 6.77. The van der Waals surface area contributed by atoms with Gasteiger partial charge in [-0.15, -0.1) is 10.2 Å². The first-order chi connectivity index (χ1) is 9.11. The zero-order valence-corrected chi connectivity index (χ0v) is 12.2. The highest BCUT2D eigenvalue weighted by atomic mass is 16.5. The Kier molecular flexibility index (Phi) is 4.32. The van der Waals surface area contributed by atoms with Crippen LogP contribution in [0.4, 0.5) is 5.82 Å². The van der Waals surface area contributed by atoms with E-state index in [-0.39, 0.29) is 5.69 Å². The first-order valence-corrected chi connectivity index (χ1v) is 6.05. The summed E-state index contributed by atoms with van der Waals surface area (Å²) in [6.07, 6.45) is 0. The highest BCUT2D eigenvalue weighted by Gasteiger charge is 2.43. The number of esters is 1. The lowest BCUT2D eigenvalue weighted by atomic mass is 9.74. The van der Waals surface area contributed by atoms with Gasteiger partial charge in [0.25, 0.3) is 0 Å². The fourth-order valence-corrected chi connectivity index (χ4v) is 1.36. The predicted octanol–water partition coefficient (Wildman–Crippen LogP) is 1.56. The summed E-state index contributed by atoms with van der Waals surface area (Å²) in [4.78, 5) is 22.5. The van der Waals surface area contributed by atoms with E-state index in [1.807, 2.05) is 0 Å². The van der Waals surface area contributed by atoms with Crippen LogP contribution in [-0.4, -0.2) is 39.9 Å². The van der Waals surface area contributed by atoms with Crippen LogP contribution in [0.2, 0.25) is 0 Å². The number of nitrogens with one attached hydrogen (secondary N) is 1. The minimum Gasteiger partial charge on any atom is -0.481 e. The van der Waals surface area contributed by atoms with Crippen LogP contribution < -0.4 is 5.32 Å². The molecule has 0 aliphatic rings. The zero-order valence-electron chi connectivity index (χ0n) is 12.2. The average molecular weight is 281 g/mol. The quantitative estimate of drug-likeness (QED) is 0.790. The fourth-order valence-electron chi connectivity index (χ4n) is 1.36. The largest absolute Gasteiger partial charge is 0.481 e. The van der Waals surface area contributed by atoms with Gasteiger partial charge in [0, 0.05) is 5.54 Å². The Balaban J connectivity index is 2.93. The van der Waals surface area contributed by atoms with E-state index in [0.29, 0.717) is 5.82 Å². The molecule has 7 heteroatoms. The average Bonchev–Trinajstić information content (AvgIpc) is 2.37. The molecule has 0 aliphatic heterocycles. The predicted molar refractivity (Wildman–Crippen MR) is 72.5 cm³/mol. The number of rotatable bonds is 5. The molecule has 1 aromatic rings. The lowest BCUT2D eigenvalue weighted by Gasteiger charge is -2.39. The molecule has 0 saturated carbocycles. The Morgan fingerprint density at radius 3 is 2.20 bits per heavy atom. The Bertz CT molecular complexity index is 509. The molecular formula is C13H19N3O4. The third-order valence-corrected chi connectivity index (χ3v) is 3.60. The van der Waals surface area contributed by atoms with Gasteiger partial charge in [-0.05, 0) is 39.8 Å². The highest BCUT2D eigenvalue weighted by Crippen LogP contribution is 2.33. The maximum Gasteiger partial charge on any atom is 0.358 e. The number of nitrogens with zero attached hydrogens (tertiary/aromatic N) is 2. The molecule has 0 saturated heterocycles. The van der Waals surface area contributed by atoms with E-state index >= 15 is 0 Å². The van der Waals surface area contributed by atoms with Crippen molar-refractivity contribution in [3.63, 3.8) is 0 Å². The molecule has 0 unspecified atom stereocenters. The minimum atomic E-state index is -1.02. The van der Waals surface area contributed by atoms with Crippen LogP contribution >= 0.6 is 0 Å². The van der Waals surface area contributed by atoms with Gasteiger partial charge < -0.3 is 15.2 Å². The summed E-state index contributed by atoms with van der Waals surface area (Å²) in [5, 5.41) is 19.9. The van der Waals surface area contributed by atoms with Gasteiger partial charge in [-0.1, -0.05) is 0 Å². The SMILES string of the molecule is COC(=O)c1ccc(NC(C)(C)C(C)(C)C(=O)O)nn1. The molecule has 0 amide bonds. The summed E-state index contributed by atoms with van der Waals surface area (Å²) in [5.41, 5.74) is -1.69. The minimum absolute atomic E-state index is 0.0911. The van der Waals surface area contributed by atoms with Gasteiger partial charge in [0.2, 0.25) is 0 Å². The molecule has 1 rings (SSSR count). The molecule has 1 aromatic heterocycles. The highest BCUT2D eigenvalue weighted by molar-refractivity contribution is 5.87. The Hall–Kier alpha value is -2.18. The Labute approximate surface area is 117 Å². The van der Waals surface area contributed by atoms with E-state index in [1.165, 1.54) is 13.2 Å². The molecule has 0 spiro atoms. The van der Waals surface area contributed by atoms with Gasteiger partial charge in [-0.2, -0.15) is 0 Å². The number of hydrogen-bond acceptors (Lipinski definition) is 6. The number of carbonyl (C=O) groups is 2.